The third kappa shape index (κ3) is 3.47. The van der Waals surface area contributed by atoms with E-state index >= 15 is 0 Å². The van der Waals surface area contributed by atoms with Gasteiger partial charge in [-0.25, -0.2) is 9.67 Å². The number of nitrogens with zero attached hydrogens (tertiary/aromatic N) is 3. The van der Waals surface area contributed by atoms with Crippen LogP contribution in [0.25, 0.3) is 5.69 Å². The Bertz CT molecular complexity index is 906. The van der Waals surface area contributed by atoms with Gasteiger partial charge in [-0.05, 0) is 51.5 Å². The Morgan fingerprint density at radius 3 is 2.36 bits per heavy atom. The number of amides is 1. The fourth-order valence-electron chi connectivity index (χ4n) is 2.88. The predicted molar refractivity (Wildman–Crippen MR) is 94.9 cm³/mol. The van der Waals surface area contributed by atoms with E-state index in [0.29, 0.717) is 11.6 Å². The van der Waals surface area contributed by atoms with Crippen LogP contribution in [0.5, 0.6) is 0 Å². The lowest BCUT2D eigenvalue weighted by Crippen LogP contribution is -2.26. The number of rotatable bonds is 4. The van der Waals surface area contributed by atoms with E-state index in [2.05, 4.69) is 15.4 Å². The van der Waals surface area contributed by atoms with Crippen LogP contribution in [0.2, 0.25) is 0 Å². The quantitative estimate of drug-likeness (QED) is 0.789. The number of oxazole rings is 1. The standard InChI is InChI=1S/C19H22N4O2/c1-11-10-12(2)23(22-11)17-8-6-16(7-9-17)13(3)21-19(24)18-14(4)20-15(5)25-18/h6-10,13H,1-5H3,(H,21,24). The fourth-order valence-corrected chi connectivity index (χ4v) is 2.88. The van der Waals surface area contributed by atoms with Crippen molar-refractivity contribution in [3.8, 4) is 5.69 Å². The van der Waals surface area contributed by atoms with Crippen molar-refractivity contribution in [2.24, 2.45) is 0 Å². The van der Waals surface area contributed by atoms with E-state index in [4.69, 9.17) is 4.42 Å². The number of carbonyl (C=O) groups excluding carboxylic acids is 1. The lowest BCUT2D eigenvalue weighted by molar-refractivity contribution is 0.0909. The second-order valence-corrected chi connectivity index (χ2v) is 6.27. The van der Waals surface area contributed by atoms with Gasteiger partial charge >= 0.3 is 0 Å². The highest BCUT2D eigenvalue weighted by Crippen LogP contribution is 2.18. The van der Waals surface area contributed by atoms with Crippen LogP contribution in [-0.2, 0) is 0 Å². The highest BCUT2D eigenvalue weighted by atomic mass is 16.4. The normalized spacial score (nSPS) is 12.2. The monoisotopic (exact) mass is 338 g/mol. The molecule has 1 N–H and O–H groups in total. The summed E-state index contributed by atoms with van der Waals surface area (Å²) in [5.41, 5.74) is 4.67. The molecule has 2 heterocycles. The maximum absolute atomic E-state index is 12.3. The maximum Gasteiger partial charge on any atom is 0.289 e. The molecule has 6 nitrogen and oxygen atoms in total. The van der Waals surface area contributed by atoms with Crippen molar-refractivity contribution in [1.82, 2.24) is 20.1 Å². The molecule has 0 spiro atoms. The lowest BCUT2D eigenvalue weighted by Gasteiger charge is -2.14. The second kappa shape index (κ2) is 6.55. The Balaban J connectivity index is 1.74. The zero-order chi connectivity index (χ0) is 18.1. The summed E-state index contributed by atoms with van der Waals surface area (Å²) in [5.74, 6) is 0.501. The van der Waals surface area contributed by atoms with Gasteiger partial charge in [-0.2, -0.15) is 5.10 Å². The zero-order valence-corrected chi connectivity index (χ0v) is 15.1. The van der Waals surface area contributed by atoms with Crippen molar-refractivity contribution >= 4 is 5.91 Å². The van der Waals surface area contributed by atoms with Crippen LogP contribution in [0.3, 0.4) is 0 Å². The Hall–Kier alpha value is -2.89. The first-order valence-electron chi connectivity index (χ1n) is 8.23. The minimum absolute atomic E-state index is 0.146. The maximum atomic E-state index is 12.3. The van der Waals surface area contributed by atoms with Crippen LogP contribution in [0.1, 0.15) is 52.1 Å². The van der Waals surface area contributed by atoms with Gasteiger partial charge in [0.05, 0.1) is 23.1 Å². The summed E-state index contributed by atoms with van der Waals surface area (Å²) in [6, 6.07) is 9.89. The second-order valence-electron chi connectivity index (χ2n) is 6.27. The van der Waals surface area contributed by atoms with Gasteiger partial charge in [0.2, 0.25) is 5.76 Å². The van der Waals surface area contributed by atoms with E-state index in [0.717, 1.165) is 22.6 Å². The van der Waals surface area contributed by atoms with E-state index in [1.807, 2.05) is 55.8 Å². The minimum atomic E-state index is -0.256. The molecule has 3 rings (SSSR count). The fraction of sp³-hybridized carbons (Fsp3) is 0.316. The minimum Gasteiger partial charge on any atom is -0.436 e. The highest BCUT2D eigenvalue weighted by molar-refractivity contribution is 5.92. The summed E-state index contributed by atoms with van der Waals surface area (Å²) in [6.45, 7) is 9.43. The SMILES string of the molecule is Cc1cc(C)n(-c2ccc(C(C)NC(=O)c3oc(C)nc3C)cc2)n1. The van der Waals surface area contributed by atoms with Gasteiger partial charge in [-0.3, -0.25) is 4.79 Å². The first-order chi connectivity index (χ1) is 11.8. The zero-order valence-electron chi connectivity index (χ0n) is 15.1. The summed E-state index contributed by atoms with van der Waals surface area (Å²) >= 11 is 0. The van der Waals surface area contributed by atoms with Gasteiger partial charge < -0.3 is 9.73 Å². The van der Waals surface area contributed by atoms with E-state index in [1.54, 1.807) is 13.8 Å². The summed E-state index contributed by atoms with van der Waals surface area (Å²) in [6.07, 6.45) is 0. The molecule has 6 heteroatoms. The highest BCUT2D eigenvalue weighted by Gasteiger charge is 2.18. The third-order valence-electron chi connectivity index (χ3n) is 4.10. The van der Waals surface area contributed by atoms with Crippen LogP contribution < -0.4 is 5.32 Å². The van der Waals surface area contributed by atoms with E-state index in [1.165, 1.54) is 0 Å². The molecular weight excluding hydrogens is 316 g/mol. The van der Waals surface area contributed by atoms with Crippen LogP contribution in [0.4, 0.5) is 0 Å². The van der Waals surface area contributed by atoms with Crippen LogP contribution in [0.15, 0.2) is 34.7 Å². The summed E-state index contributed by atoms with van der Waals surface area (Å²) in [5, 5.41) is 7.43. The number of benzene rings is 1. The molecule has 1 amide bonds. The average Bonchev–Trinajstić information content (AvgIpc) is 3.08. The van der Waals surface area contributed by atoms with Crippen LogP contribution in [-0.4, -0.2) is 20.7 Å². The number of aryl methyl sites for hydroxylation is 4. The molecular formula is C19H22N4O2. The summed E-state index contributed by atoms with van der Waals surface area (Å²) < 4.78 is 7.28. The molecule has 1 aromatic carbocycles. The molecule has 3 aromatic rings. The topological polar surface area (TPSA) is 73.0 Å². The van der Waals surface area contributed by atoms with E-state index in [-0.39, 0.29) is 17.7 Å². The van der Waals surface area contributed by atoms with Crippen LogP contribution >= 0.6 is 0 Å². The number of hydrogen-bond acceptors (Lipinski definition) is 4. The molecule has 0 radical (unpaired) electrons. The molecule has 25 heavy (non-hydrogen) atoms. The van der Waals surface area contributed by atoms with Crippen molar-refractivity contribution in [2.75, 3.05) is 0 Å². The first-order valence-corrected chi connectivity index (χ1v) is 8.23. The molecule has 1 unspecified atom stereocenters. The molecule has 0 bridgehead atoms. The number of aromatic nitrogens is 3. The molecule has 0 saturated heterocycles. The molecule has 2 aromatic heterocycles. The molecule has 1 atom stereocenters. The molecule has 130 valence electrons. The van der Waals surface area contributed by atoms with E-state index < -0.39 is 0 Å². The van der Waals surface area contributed by atoms with Crippen molar-refractivity contribution in [3.63, 3.8) is 0 Å². The number of nitrogens with one attached hydrogen (secondary N) is 1. The Morgan fingerprint density at radius 2 is 1.84 bits per heavy atom. The molecule has 0 saturated carbocycles. The average molecular weight is 338 g/mol. The Kier molecular flexibility index (Phi) is 4.44. The molecule has 0 aliphatic rings. The van der Waals surface area contributed by atoms with Gasteiger partial charge in [0.1, 0.15) is 0 Å². The van der Waals surface area contributed by atoms with Gasteiger partial charge in [-0.1, -0.05) is 12.1 Å². The van der Waals surface area contributed by atoms with E-state index in [9.17, 15) is 4.79 Å². The lowest BCUT2D eigenvalue weighted by atomic mass is 10.1. The van der Waals surface area contributed by atoms with Crippen molar-refractivity contribution in [3.05, 3.63) is 64.6 Å². The van der Waals surface area contributed by atoms with Gasteiger partial charge in [-0.15, -0.1) is 0 Å². The van der Waals surface area contributed by atoms with Crippen molar-refractivity contribution < 1.29 is 9.21 Å². The summed E-state index contributed by atoms with van der Waals surface area (Å²) in [7, 11) is 0. The Morgan fingerprint density at radius 1 is 1.16 bits per heavy atom. The Labute approximate surface area is 146 Å². The summed E-state index contributed by atoms with van der Waals surface area (Å²) in [4.78, 5) is 16.5. The predicted octanol–water partition coefficient (Wildman–Crippen LogP) is 3.58. The molecule has 0 fully saturated rings. The molecule has 0 aliphatic carbocycles. The van der Waals surface area contributed by atoms with Gasteiger partial charge in [0, 0.05) is 12.6 Å². The first kappa shape index (κ1) is 17.0. The number of hydrogen-bond donors (Lipinski definition) is 1. The largest absolute Gasteiger partial charge is 0.436 e. The number of carbonyl (C=O) groups is 1. The smallest absolute Gasteiger partial charge is 0.289 e. The van der Waals surface area contributed by atoms with Crippen LogP contribution in [0, 0.1) is 27.7 Å². The van der Waals surface area contributed by atoms with Crippen molar-refractivity contribution in [2.45, 2.75) is 40.7 Å². The van der Waals surface area contributed by atoms with Gasteiger partial charge in [0.15, 0.2) is 5.89 Å². The molecule has 0 aliphatic heterocycles. The van der Waals surface area contributed by atoms with Gasteiger partial charge in [0.25, 0.3) is 5.91 Å². The van der Waals surface area contributed by atoms with Crippen molar-refractivity contribution in [1.29, 1.82) is 0 Å². The third-order valence-corrected chi connectivity index (χ3v) is 4.10.